The van der Waals surface area contributed by atoms with Crippen LogP contribution in [0.4, 0.5) is 5.69 Å². The third kappa shape index (κ3) is 17.1. The Hall–Kier alpha value is -6.39. The predicted octanol–water partition coefficient (Wildman–Crippen LogP) is 3.49. The Bertz CT molecular complexity index is 2320. The van der Waals surface area contributed by atoms with Gasteiger partial charge in [0.1, 0.15) is 42.5 Å². The van der Waals surface area contributed by atoms with Crippen LogP contribution in [-0.4, -0.2) is 119 Å². The van der Waals surface area contributed by atoms with E-state index < -0.39 is 102 Å². The number of nitro benzene ring substituents is 1. The number of benzene rings is 3. The van der Waals surface area contributed by atoms with Crippen LogP contribution in [0.25, 0.3) is 0 Å². The number of aliphatic hydroxyl groups is 3. The lowest BCUT2D eigenvalue weighted by molar-refractivity contribution is -0.385. The van der Waals surface area contributed by atoms with Crippen molar-refractivity contribution in [1.82, 2.24) is 26.6 Å². The molecule has 8 atom stereocenters. The molecule has 0 unspecified atom stereocenters. The molecule has 5 amide bonds. The molecule has 73 heavy (non-hydrogen) atoms. The van der Waals surface area contributed by atoms with Gasteiger partial charge in [0.05, 0.1) is 25.2 Å². The molecule has 3 aliphatic rings. The number of aliphatic hydroxyl groups excluding tert-OH is 3. The van der Waals surface area contributed by atoms with E-state index in [1.807, 2.05) is 13.8 Å². The first-order valence-corrected chi connectivity index (χ1v) is 25.2. The average molecular weight is 1020 g/mol. The maximum atomic E-state index is 14.4. The zero-order valence-electron chi connectivity index (χ0n) is 42.1. The molecule has 0 aromatic heterocycles. The molecular formula is C52H73N7O14. The van der Waals surface area contributed by atoms with Gasteiger partial charge in [-0.2, -0.15) is 0 Å². The molecule has 4 bridgehead atoms. The average Bonchev–Trinajstić information content (AvgIpc) is 3.36. The number of nitrogens with zero attached hydrogens (tertiary/aromatic N) is 1. The molecule has 10 N–H and O–H groups in total. The molecule has 21 nitrogen and oxygen atoms in total. The molecule has 21 heteroatoms. The van der Waals surface area contributed by atoms with Crippen LogP contribution >= 0.6 is 0 Å². The van der Waals surface area contributed by atoms with Crippen molar-refractivity contribution in [2.24, 2.45) is 11.7 Å². The van der Waals surface area contributed by atoms with E-state index in [2.05, 4.69) is 33.5 Å². The van der Waals surface area contributed by atoms with Crippen LogP contribution < -0.4 is 46.5 Å². The topological polar surface area (TPSA) is 312 Å². The Morgan fingerprint density at radius 3 is 2.23 bits per heavy atom. The first-order valence-electron chi connectivity index (χ1n) is 25.2. The summed E-state index contributed by atoms with van der Waals surface area (Å²) in [4.78, 5) is 80.4. The quantitative estimate of drug-likeness (QED) is 0.0353. The van der Waals surface area contributed by atoms with E-state index in [0.29, 0.717) is 12.0 Å². The van der Waals surface area contributed by atoms with Crippen molar-refractivity contribution in [3.63, 3.8) is 0 Å². The Morgan fingerprint density at radius 1 is 0.890 bits per heavy atom. The van der Waals surface area contributed by atoms with E-state index in [-0.39, 0.29) is 72.3 Å². The van der Waals surface area contributed by atoms with E-state index in [1.165, 1.54) is 63.1 Å². The fourth-order valence-corrected chi connectivity index (χ4v) is 8.77. The summed E-state index contributed by atoms with van der Waals surface area (Å²) in [6.45, 7) is 4.47. The van der Waals surface area contributed by atoms with E-state index in [1.54, 1.807) is 30.3 Å². The van der Waals surface area contributed by atoms with E-state index in [4.69, 9.17) is 24.7 Å². The van der Waals surface area contributed by atoms with Crippen molar-refractivity contribution in [1.29, 1.82) is 0 Å². The van der Waals surface area contributed by atoms with Gasteiger partial charge in [-0.25, -0.2) is 0 Å². The summed E-state index contributed by atoms with van der Waals surface area (Å²) in [5.41, 5.74) is 6.16. The monoisotopic (exact) mass is 1020 g/mol. The molecular weight excluding hydrogens is 947 g/mol. The van der Waals surface area contributed by atoms with Crippen LogP contribution in [0.1, 0.15) is 108 Å². The fourth-order valence-electron chi connectivity index (χ4n) is 8.77. The third-order valence-corrected chi connectivity index (χ3v) is 12.7. The molecule has 3 aromatic carbocycles. The number of amides is 5. The Kier molecular flexibility index (Phi) is 22.6. The van der Waals surface area contributed by atoms with Crippen LogP contribution in [0.2, 0.25) is 0 Å². The zero-order chi connectivity index (χ0) is 53.0. The standard InChI is InChI=1S/C52H73N7O14/c1-5-6-7-8-9-10-11-12-16-19-43(61)58-45-47(64)46(63)42(30-60)73-52(45)72-41-27-34-26-40(48(41)70-4)71-39-21-20-33(25-38(39)59(68)69)24-37(57-50(66)35(22-31(2)3)55-44(62)28-53)51(67)56-36(49(65)54-29-34)23-32-17-14-13-15-18-32/h13-15,17-18,20-21,25-27,31,35-37,42,45-47,52,60,63-64H,5-12,16,19,22-24,28-30,53H2,1-4H3,(H,54,65)(H,55,62)(H,56,67)(H,57,66)(H,58,61)/t35-,36-,37+,42+,45+,46+,47+,52+/m0/s1. The lowest BCUT2D eigenvalue weighted by Crippen LogP contribution is -2.65. The van der Waals surface area contributed by atoms with Crippen LogP contribution in [0.5, 0.6) is 23.0 Å². The van der Waals surface area contributed by atoms with Crippen molar-refractivity contribution >= 4 is 35.2 Å². The van der Waals surface area contributed by atoms with Gasteiger partial charge in [-0.15, -0.1) is 0 Å². The normalized spacial score (nSPS) is 21.5. The van der Waals surface area contributed by atoms with Crippen molar-refractivity contribution in [2.45, 2.75) is 160 Å². The number of hydrogen-bond donors (Lipinski definition) is 9. The highest BCUT2D eigenvalue weighted by Crippen LogP contribution is 2.44. The van der Waals surface area contributed by atoms with Gasteiger partial charge in [-0.05, 0) is 53.6 Å². The SMILES string of the molecule is CCCCCCCCCCCC(=O)N[C@H]1[C@H](Oc2cc3cc(c2OC)Oc2ccc(cc2[N+](=O)[O-])C[C@@H](NC(=O)[C@H](CC(C)C)NC(=O)CN)C(=O)N[C@@H](Cc2ccccc2)C(=O)NC3)O[C@H](CO)[C@@H](O)[C@@H]1O. The maximum Gasteiger partial charge on any atom is 0.311 e. The highest BCUT2D eigenvalue weighted by molar-refractivity contribution is 5.94. The van der Waals surface area contributed by atoms with Gasteiger partial charge < -0.3 is 66.6 Å². The smallest absolute Gasteiger partial charge is 0.311 e. The minimum Gasteiger partial charge on any atom is -0.490 e. The van der Waals surface area contributed by atoms with Crippen molar-refractivity contribution in [2.75, 3.05) is 20.3 Å². The van der Waals surface area contributed by atoms with Gasteiger partial charge in [-0.3, -0.25) is 34.1 Å². The second-order valence-corrected chi connectivity index (χ2v) is 19.0. The predicted molar refractivity (Wildman–Crippen MR) is 268 cm³/mol. The molecule has 3 heterocycles. The molecule has 1 saturated heterocycles. The number of nitrogens with two attached hydrogens (primary N) is 1. The Morgan fingerprint density at radius 2 is 1.59 bits per heavy atom. The van der Waals surface area contributed by atoms with Gasteiger partial charge in [0.25, 0.3) is 0 Å². The number of hydrogen-bond acceptors (Lipinski definition) is 15. The van der Waals surface area contributed by atoms with Gasteiger partial charge in [0, 0.05) is 31.9 Å². The number of carbonyl (C=O) groups excluding carboxylic acids is 5. The summed E-state index contributed by atoms with van der Waals surface area (Å²) in [7, 11) is 1.28. The number of nitrogens with one attached hydrogen (secondary N) is 5. The number of ether oxygens (including phenoxy) is 4. The zero-order valence-corrected chi connectivity index (χ0v) is 42.1. The van der Waals surface area contributed by atoms with Crippen LogP contribution in [0.15, 0.2) is 60.7 Å². The van der Waals surface area contributed by atoms with Crippen LogP contribution in [0, 0.1) is 16.0 Å². The minimum atomic E-state index is -1.67. The molecule has 1 fully saturated rings. The molecule has 400 valence electrons. The lowest BCUT2D eigenvalue weighted by atomic mass is 9.96. The van der Waals surface area contributed by atoms with Crippen molar-refractivity contribution < 1.29 is 63.2 Å². The molecule has 0 saturated carbocycles. The number of fused-ring (bicyclic) bond motifs is 9. The number of carbonyl (C=O) groups is 5. The minimum absolute atomic E-state index is 0.00142. The number of methoxy groups -OCH3 is 1. The fraction of sp³-hybridized carbons (Fsp3) is 0.558. The summed E-state index contributed by atoms with van der Waals surface area (Å²) < 4.78 is 24.4. The van der Waals surface area contributed by atoms with Crippen LogP contribution in [0.3, 0.4) is 0 Å². The largest absolute Gasteiger partial charge is 0.490 e. The second kappa shape index (κ2) is 28.7. The summed E-state index contributed by atoms with van der Waals surface area (Å²) in [6, 6.07) is 10.6. The number of nitro groups is 1. The van der Waals surface area contributed by atoms with Gasteiger partial charge >= 0.3 is 5.69 Å². The highest BCUT2D eigenvalue weighted by Gasteiger charge is 2.47. The second-order valence-electron chi connectivity index (χ2n) is 19.0. The van der Waals surface area contributed by atoms with Gasteiger partial charge in [0.2, 0.25) is 47.3 Å². The third-order valence-electron chi connectivity index (χ3n) is 12.7. The lowest BCUT2D eigenvalue weighted by Gasteiger charge is -2.42. The number of unbranched alkanes of at least 4 members (excludes halogenated alkanes) is 8. The highest BCUT2D eigenvalue weighted by atomic mass is 16.7. The molecule has 3 aromatic rings. The van der Waals surface area contributed by atoms with Gasteiger partial charge in [-0.1, -0.05) is 109 Å². The first kappa shape index (κ1) is 57.5. The van der Waals surface area contributed by atoms with E-state index in [0.717, 1.165) is 25.7 Å². The summed E-state index contributed by atoms with van der Waals surface area (Å²) in [5.74, 6) is -3.95. The summed E-state index contributed by atoms with van der Waals surface area (Å²) >= 11 is 0. The van der Waals surface area contributed by atoms with E-state index in [9.17, 15) is 49.4 Å². The Labute approximate surface area is 425 Å². The van der Waals surface area contributed by atoms with Crippen LogP contribution in [-0.2, 0) is 48.1 Å². The summed E-state index contributed by atoms with van der Waals surface area (Å²) in [5, 5.41) is 58.8. The molecule has 3 aliphatic heterocycles. The van der Waals surface area contributed by atoms with E-state index >= 15 is 0 Å². The molecule has 0 radical (unpaired) electrons. The maximum absolute atomic E-state index is 14.4. The first-order chi connectivity index (χ1) is 35.0. The number of rotatable bonds is 24. The summed E-state index contributed by atoms with van der Waals surface area (Å²) in [6.07, 6.45) is 3.12. The Balaban J connectivity index is 1.51. The van der Waals surface area contributed by atoms with Crippen molar-refractivity contribution in [3.8, 4) is 23.0 Å². The van der Waals surface area contributed by atoms with Crippen molar-refractivity contribution in [3.05, 3.63) is 87.5 Å². The molecule has 0 spiro atoms. The molecule has 0 aliphatic carbocycles. The molecule has 6 rings (SSSR count). The van der Waals surface area contributed by atoms with Gasteiger partial charge in [0.15, 0.2) is 11.5 Å².